The monoisotopic (exact) mass is 248 g/mol. The van der Waals surface area contributed by atoms with Gasteiger partial charge in [0.05, 0.1) is 12.7 Å². The molecule has 2 aliphatic heterocycles. The van der Waals surface area contributed by atoms with Crippen LogP contribution in [-0.2, 0) is 4.74 Å². The van der Waals surface area contributed by atoms with Crippen molar-refractivity contribution in [2.24, 2.45) is 11.8 Å². The molecule has 2 aliphatic carbocycles. The van der Waals surface area contributed by atoms with Gasteiger partial charge < -0.3 is 10.1 Å². The van der Waals surface area contributed by atoms with Gasteiger partial charge in [-0.25, -0.2) is 0 Å². The van der Waals surface area contributed by atoms with Gasteiger partial charge in [0, 0.05) is 25.2 Å². The topological polar surface area (TPSA) is 24.5 Å². The van der Waals surface area contributed by atoms with Crippen LogP contribution in [0.3, 0.4) is 0 Å². The van der Waals surface area contributed by atoms with Gasteiger partial charge in [0.15, 0.2) is 0 Å². The Balaban J connectivity index is 1.25. The third-order valence-electron chi connectivity index (χ3n) is 5.43. The number of rotatable bonds is 3. The lowest BCUT2D eigenvalue weighted by molar-refractivity contribution is -0.0503. The van der Waals surface area contributed by atoms with Crippen LogP contribution in [0.4, 0.5) is 0 Å². The van der Waals surface area contributed by atoms with Crippen molar-refractivity contribution >= 4 is 0 Å². The molecular formula is C15H24N2O. The van der Waals surface area contributed by atoms with E-state index >= 15 is 0 Å². The fourth-order valence-corrected chi connectivity index (χ4v) is 4.24. The second kappa shape index (κ2) is 4.62. The number of hydrogen-bond donors (Lipinski definition) is 1. The van der Waals surface area contributed by atoms with Gasteiger partial charge in [0.25, 0.3) is 0 Å². The number of hydrogen-bond acceptors (Lipinski definition) is 3. The molecule has 5 unspecified atom stereocenters. The van der Waals surface area contributed by atoms with E-state index in [2.05, 4.69) is 22.4 Å². The van der Waals surface area contributed by atoms with E-state index in [1.54, 1.807) is 0 Å². The van der Waals surface area contributed by atoms with Gasteiger partial charge in [0.1, 0.15) is 0 Å². The second-order valence-corrected chi connectivity index (χ2v) is 6.50. The number of morpholine rings is 1. The van der Waals surface area contributed by atoms with Crippen LogP contribution in [-0.4, -0.2) is 49.3 Å². The van der Waals surface area contributed by atoms with Crippen LogP contribution >= 0.6 is 0 Å². The summed E-state index contributed by atoms with van der Waals surface area (Å²) in [5.41, 5.74) is 0. The molecule has 3 heteroatoms. The number of nitrogens with zero attached hydrogens (tertiary/aromatic N) is 1. The summed E-state index contributed by atoms with van der Waals surface area (Å²) in [4.78, 5) is 2.63. The Hall–Kier alpha value is -0.380. The first-order valence-electron chi connectivity index (χ1n) is 7.66. The summed E-state index contributed by atoms with van der Waals surface area (Å²) in [6.07, 6.45) is 10.6. The zero-order valence-electron chi connectivity index (χ0n) is 11.1. The molecule has 5 atom stereocenters. The molecule has 1 N–H and O–H groups in total. The summed E-state index contributed by atoms with van der Waals surface area (Å²) in [5, 5.41) is 3.74. The third kappa shape index (κ3) is 1.93. The molecule has 0 spiro atoms. The minimum absolute atomic E-state index is 0.420. The third-order valence-corrected chi connectivity index (χ3v) is 5.43. The Labute approximate surface area is 110 Å². The fraction of sp³-hybridized carbons (Fsp3) is 0.867. The lowest BCUT2D eigenvalue weighted by atomic mass is 9.71. The normalized spacial score (nSPS) is 46.8. The number of ether oxygens (including phenoxy) is 1. The maximum Gasteiger partial charge on any atom is 0.0827 e. The number of allylic oxidation sites excluding steroid dienone is 1. The van der Waals surface area contributed by atoms with Crippen molar-refractivity contribution in [3.05, 3.63) is 12.2 Å². The van der Waals surface area contributed by atoms with Gasteiger partial charge in [-0.15, -0.1) is 0 Å². The van der Waals surface area contributed by atoms with E-state index < -0.39 is 0 Å². The van der Waals surface area contributed by atoms with E-state index in [4.69, 9.17) is 4.74 Å². The number of nitrogens with one attached hydrogen (secondary N) is 1. The largest absolute Gasteiger partial charge is 0.374 e. The zero-order chi connectivity index (χ0) is 11.9. The quantitative estimate of drug-likeness (QED) is 0.764. The van der Waals surface area contributed by atoms with Crippen LogP contribution in [0.15, 0.2) is 12.2 Å². The van der Waals surface area contributed by atoms with E-state index in [9.17, 15) is 0 Å². The summed E-state index contributed by atoms with van der Waals surface area (Å²) in [7, 11) is 0. The molecule has 3 fully saturated rings. The summed E-state index contributed by atoms with van der Waals surface area (Å²) in [5.74, 6) is 1.78. The molecule has 1 saturated carbocycles. The van der Waals surface area contributed by atoms with Crippen molar-refractivity contribution in [1.29, 1.82) is 0 Å². The summed E-state index contributed by atoms with van der Waals surface area (Å²) in [6, 6.07) is 1.46. The highest BCUT2D eigenvalue weighted by Crippen LogP contribution is 2.42. The average Bonchev–Trinajstić information content (AvgIpc) is 2.96. The van der Waals surface area contributed by atoms with Crippen LogP contribution in [0.1, 0.15) is 25.7 Å². The summed E-state index contributed by atoms with van der Waals surface area (Å²) >= 11 is 0. The molecule has 3 nitrogen and oxygen atoms in total. The van der Waals surface area contributed by atoms with Gasteiger partial charge >= 0.3 is 0 Å². The molecule has 0 bridgehead atoms. The van der Waals surface area contributed by atoms with E-state index in [-0.39, 0.29) is 0 Å². The second-order valence-electron chi connectivity index (χ2n) is 6.50. The Morgan fingerprint density at radius 1 is 1.39 bits per heavy atom. The number of fused-ring (bicyclic) bond motifs is 2. The highest BCUT2D eigenvalue weighted by Gasteiger charge is 2.41. The molecule has 100 valence electrons. The van der Waals surface area contributed by atoms with Gasteiger partial charge in [-0.1, -0.05) is 12.2 Å². The van der Waals surface area contributed by atoms with Gasteiger partial charge in [-0.05, 0) is 44.1 Å². The molecule has 2 heterocycles. The fourth-order valence-electron chi connectivity index (χ4n) is 4.24. The average molecular weight is 248 g/mol. The van der Waals surface area contributed by atoms with Crippen LogP contribution in [0.5, 0.6) is 0 Å². The van der Waals surface area contributed by atoms with Gasteiger partial charge in [0.2, 0.25) is 0 Å². The minimum atomic E-state index is 0.420. The predicted molar refractivity (Wildman–Crippen MR) is 71.5 cm³/mol. The van der Waals surface area contributed by atoms with Crippen molar-refractivity contribution in [3.8, 4) is 0 Å². The Bertz CT molecular complexity index is 343. The first kappa shape index (κ1) is 11.4. The van der Waals surface area contributed by atoms with Crippen LogP contribution < -0.4 is 5.32 Å². The predicted octanol–water partition coefficient (Wildman–Crippen LogP) is 1.40. The molecule has 0 aromatic carbocycles. The Morgan fingerprint density at radius 3 is 3.33 bits per heavy atom. The first-order chi connectivity index (χ1) is 8.90. The Morgan fingerprint density at radius 2 is 2.39 bits per heavy atom. The summed E-state index contributed by atoms with van der Waals surface area (Å²) < 4.78 is 6.00. The van der Waals surface area contributed by atoms with Crippen molar-refractivity contribution in [3.63, 3.8) is 0 Å². The smallest absolute Gasteiger partial charge is 0.0827 e. The maximum atomic E-state index is 6.00. The summed E-state index contributed by atoms with van der Waals surface area (Å²) in [6.45, 7) is 4.45. The minimum Gasteiger partial charge on any atom is -0.374 e. The Kier molecular flexibility index (Phi) is 2.94. The molecule has 0 aromatic heterocycles. The van der Waals surface area contributed by atoms with Gasteiger partial charge in [-0.3, -0.25) is 4.90 Å². The van der Waals surface area contributed by atoms with Crippen molar-refractivity contribution in [1.82, 2.24) is 10.2 Å². The molecule has 0 radical (unpaired) electrons. The molecule has 18 heavy (non-hydrogen) atoms. The van der Waals surface area contributed by atoms with Crippen molar-refractivity contribution in [2.75, 3.05) is 26.2 Å². The van der Waals surface area contributed by atoms with E-state index in [1.807, 2.05) is 0 Å². The molecule has 2 saturated heterocycles. The van der Waals surface area contributed by atoms with E-state index in [0.29, 0.717) is 6.10 Å². The molecule has 0 amide bonds. The van der Waals surface area contributed by atoms with E-state index in [0.717, 1.165) is 43.6 Å². The van der Waals surface area contributed by atoms with Gasteiger partial charge in [-0.2, -0.15) is 0 Å². The highest BCUT2D eigenvalue weighted by molar-refractivity contribution is 5.12. The first-order valence-corrected chi connectivity index (χ1v) is 7.66. The van der Waals surface area contributed by atoms with E-state index in [1.165, 1.54) is 32.2 Å². The van der Waals surface area contributed by atoms with Crippen LogP contribution in [0.25, 0.3) is 0 Å². The lowest BCUT2D eigenvalue weighted by Gasteiger charge is -2.42. The zero-order valence-corrected chi connectivity index (χ0v) is 11.1. The molecule has 4 rings (SSSR count). The highest BCUT2D eigenvalue weighted by atomic mass is 16.5. The lowest BCUT2D eigenvalue weighted by Crippen LogP contribution is -2.54. The molecule has 4 aliphatic rings. The molecular weight excluding hydrogens is 224 g/mol. The van der Waals surface area contributed by atoms with Crippen LogP contribution in [0.2, 0.25) is 0 Å². The van der Waals surface area contributed by atoms with Crippen molar-refractivity contribution < 1.29 is 4.74 Å². The standard InChI is InChI=1S/C15H24N2O/c1-3-11-7-15(14(11)5-1)16-8-13-9-17-6-2-4-12(17)10-18-13/h1,5,11-16H,2-4,6-10H2. The maximum absolute atomic E-state index is 6.00. The van der Waals surface area contributed by atoms with Crippen LogP contribution in [0, 0.1) is 11.8 Å². The van der Waals surface area contributed by atoms with Crippen molar-refractivity contribution in [2.45, 2.75) is 43.9 Å². The SMILES string of the molecule is C1=CC2C(C1)CC2NCC1CN2CCCC2CO1. The molecule has 0 aromatic rings.